The largest absolute Gasteiger partial charge is 0.478 e. The first-order chi connectivity index (χ1) is 9.04. The van der Waals surface area contributed by atoms with E-state index in [-0.39, 0.29) is 17.8 Å². The van der Waals surface area contributed by atoms with Crippen molar-refractivity contribution in [2.45, 2.75) is 6.92 Å². The molecular formula is C12H15FN2O4. The topological polar surface area (TPSA) is 87.7 Å². The number of carbonyl (C=O) groups is 2. The number of carboxylic acids is 1. The van der Waals surface area contributed by atoms with Gasteiger partial charge >= 0.3 is 12.0 Å². The Bertz CT molecular complexity index is 465. The van der Waals surface area contributed by atoms with Gasteiger partial charge in [-0.3, -0.25) is 0 Å². The van der Waals surface area contributed by atoms with Gasteiger partial charge in [0, 0.05) is 13.2 Å². The van der Waals surface area contributed by atoms with Crippen LogP contribution in [0.3, 0.4) is 0 Å². The highest BCUT2D eigenvalue weighted by Gasteiger charge is 2.10. The zero-order valence-electron chi connectivity index (χ0n) is 10.4. The molecule has 0 radical (unpaired) electrons. The number of carboxylic acid groups (broad SMARTS) is 1. The summed E-state index contributed by atoms with van der Waals surface area (Å²) in [6.45, 7) is 2.99. The van der Waals surface area contributed by atoms with Gasteiger partial charge in [-0.05, 0) is 25.1 Å². The molecule has 7 heteroatoms. The fourth-order valence-corrected chi connectivity index (χ4v) is 1.30. The van der Waals surface area contributed by atoms with Crippen molar-refractivity contribution in [3.8, 4) is 0 Å². The van der Waals surface area contributed by atoms with Gasteiger partial charge in [0.25, 0.3) is 0 Å². The number of aromatic carboxylic acids is 1. The molecule has 0 saturated heterocycles. The predicted octanol–water partition coefficient (Wildman–Crippen LogP) is 1.68. The van der Waals surface area contributed by atoms with Crippen molar-refractivity contribution in [3.63, 3.8) is 0 Å². The molecule has 0 saturated carbocycles. The van der Waals surface area contributed by atoms with Crippen molar-refractivity contribution in [2.24, 2.45) is 0 Å². The number of ether oxygens (including phenoxy) is 1. The van der Waals surface area contributed by atoms with Crippen molar-refractivity contribution in [2.75, 3.05) is 25.1 Å². The summed E-state index contributed by atoms with van der Waals surface area (Å²) in [6, 6.07) is 2.54. The van der Waals surface area contributed by atoms with Gasteiger partial charge < -0.3 is 20.5 Å². The summed E-state index contributed by atoms with van der Waals surface area (Å²) in [7, 11) is 0. The van der Waals surface area contributed by atoms with Crippen LogP contribution < -0.4 is 10.6 Å². The van der Waals surface area contributed by atoms with Gasteiger partial charge in [-0.2, -0.15) is 0 Å². The van der Waals surface area contributed by atoms with Gasteiger partial charge in [0.1, 0.15) is 5.82 Å². The lowest BCUT2D eigenvalue weighted by Gasteiger charge is -2.09. The standard InChI is InChI=1S/C12H15FN2O4/c1-2-19-6-5-14-12(18)15-10-7-8(11(16)17)3-4-9(10)13/h3-4,7H,2,5-6H2,1H3,(H,16,17)(H2,14,15,18). The lowest BCUT2D eigenvalue weighted by atomic mass is 10.2. The summed E-state index contributed by atoms with van der Waals surface area (Å²) in [4.78, 5) is 22.1. The molecule has 2 amide bonds. The molecule has 0 spiro atoms. The molecule has 0 aliphatic carbocycles. The van der Waals surface area contributed by atoms with Gasteiger partial charge in [-0.25, -0.2) is 14.0 Å². The van der Waals surface area contributed by atoms with Crippen LogP contribution in [-0.4, -0.2) is 36.9 Å². The van der Waals surface area contributed by atoms with E-state index in [9.17, 15) is 14.0 Å². The summed E-state index contributed by atoms with van der Waals surface area (Å²) in [6.07, 6.45) is 0. The molecule has 3 N–H and O–H groups in total. The summed E-state index contributed by atoms with van der Waals surface area (Å²) >= 11 is 0. The van der Waals surface area contributed by atoms with E-state index in [4.69, 9.17) is 9.84 Å². The van der Waals surface area contributed by atoms with E-state index in [1.807, 2.05) is 6.92 Å². The minimum absolute atomic E-state index is 0.106. The fourth-order valence-electron chi connectivity index (χ4n) is 1.30. The number of carbonyl (C=O) groups excluding carboxylic acids is 1. The number of urea groups is 1. The molecule has 0 aromatic heterocycles. The molecule has 0 aliphatic heterocycles. The quantitative estimate of drug-likeness (QED) is 0.686. The number of amides is 2. The van der Waals surface area contributed by atoms with Crippen LogP contribution in [0.5, 0.6) is 0 Å². The Morgan fingerprint density at radius 2 is 2.16 bits per heavy atom. The second kappa shape index (κ2) is 7.32. The van der Waals surface area contributed by atoms with Crippen LogP contribution in [0.1, 0.15) is 17.3 Å². The first-order valence-electron chi connectivity index (χ1n) is 5.70. The third-order valence-electron chi connectivity index (χ3n) is 2.20. The molecule has 104 valence electrons. The number of benzene rings is 1. The van der Waals surface area contributed by atoms with Gasteiger partial charge in [0.05, 0.1) is 17.9 Å². The molecule has 6 nitrogen and oxygen atoms in total. The van der Waals surface area contributed by atoms with Crippen LogP contribution in [-0.2, 0) is 4.74 Å². The molecule has 1 aromatic carbocycles. The molecule has 0 fully saturated rings. The van der Waals surface area contributed by atoms with Crippen LogP contribution >= 0.6 is 0 Å². The first kappa shape index (κ1) is 14.9. The van der Waals surface area contributed by atoms with Crippen LogP contribution in [0.4, 0.5) is 14.9 Å². The zero-order chi connectivity index (χ0) is 14.3. The Hall–Kier alpha value is -2.15. The number of hydrogen-bond donors (Lipinski definition) is 3. The minimum atomic E-state index is -1.19. The highest BCUT2D eigenvalue weighted by Crippen LogP contribution is 2.16. The number of halogens is 1. The summed E-state index contributed by atoms with van der Waals surface area (Å²) < 4.78 is 18.4. The van der Waals surface area contributed by atoms with Gasteiger partial charge in [-0.15, -0.1) is 0 Å². The van der Waals surface area contributed by atoms with Crippen LogP contribution in [0.15, 0.2) is 18.2 Å². The van der Waals surface area contributed by atoms with E-state index < -0.39 is 17.8 Å². The van der Waals surface area contributed by atoms with E-state index in [0.29, 0.717) is 13.2 Å². The SMILES string of the molecule is CCOCCNC(=O)Nc1cc(C(=O)O)ccc1F. The summed E-state index contributed by atoms with van der Waals surface area (Å²) in [5, 5.41) is 13.5. The van der Waals surface area contributed by atoms with E-state index in [2.05, 4.69) is 10.6 Å². The zero-order valence-corrected chi connectivity index (χ0v) is 10.4. The lowest BCUT2D eigenvalue weighted by molar-refractivity contribution is 0.0697. The fraction of sp³-hybridized carbons (Fsp3) is 0.333. The number of anilines is 1. The molecule has 19 heavy (non-hydrogen) atoms. The molecule has 0 heterocycles. The van der Waals surface area contributed by atoms with Crippen molar-refractivity contribution in [1.82, 2.24) is 5.32 Å². The molecule has 1 aromatic rings. The van der Waals surface area contributed by atoms with E-state index in [1.54, 1.807) is 0 Å². The number of rotatable bonds is 6. The summed E-state index contributed by atoms with van der Waals surface area (Å²) in [5.41, 5.74) is -0.292. The average molecular weight is 270 g/mol. The monoisotopic (exact) mass is 270 g/mol. The highest BCUT2D eigenvalue weighted by atomic mass is 19.1. The predicted molar refractivity (Wildman–Crippen MR) is 66.9 cm³/mol. The van der Waals surface area contributed by atoms with E-state index >= 15 is 0 Å². The Kier molecular flexibility index (Phi) is 5.74. The normalized spacial score (nSPS) is 10.0. The van der Waals surface area contributed by atoms with Crippen LogP contribution in [0.2, 0.25) is 0 Å². The van der Waals surface area contributed by atoms with E-state index in [1.165, 1.54) is 0 Å². The number of nitrogens with one attached hydrogen (secondary N) is 2. The Balaban J connectivity index is 2.58. The Labute approximate surface area is 109 Å². The van der Waals surface area contributed by atoms with Crippen LogP contribution in [0, 0.1) is 5.82 Å². The Morgan fingerprint density at radius 1 is 1.42 bits per heavy atom. The third kappa shape index (κ3) is 4.92. The minimum Gasteiger partial charge on any atom is -0.478 e. The van der Waals surface area contributed by atoms with Crippen molar-refractivity contribution in [3.05, 3.63) is 29.6 Å². The maximum atomic E-state index is 13.4. The lowest BCUT2D eigenvalue weighted by Crippen LogP contribution is -2.32. The third-order valence-corrected chi connectivity index (χ3v) is 2.20. The highest BCUT2D eigenvalue weighted by molar-refractivity contribution is 5.93. The first-order valence-corrected chi connectivity index (χ1v) is 5.70. The molecular weight excluding hydrogens is 255 g/mol. The van der Waals surface area contributed by atoms with E-state index in [0.717, 1.165) is 18.2 Å². The second-order valence-corrected chi connectivity index (χ2v) is 3.58. The van der Waals surface area contributed by atoms with Crippen molar-refractivity contribution >= 4 is 17.7 Å². The number of hydrogen-bond acceptors (Lipinski definition) is 3. The molecule has 0 unspecified atom stereocenters. The molecule has 1 rings (SSSR count). The molecule has 0 aliphatic rings. The average Bonchev–Trinajstić information content (AvgIpc) is 2.37. The van der Waals surface area contributed by atoms with Gasteiger partial charge in [0.2, 0.25) is 0 Å². The molecule has 0 bridgehead atoms. The van der Waals surface area contributed by atoms with Crippen LogP contribution in [0.25, 0.3) is 0 Å². The Morgan fingerprint density at radius 3 is 2.79 bits per heavy atom. The van der Waals surface area contributed by atoms with Crippen molar-refractivity contribution in [1.29, 1.82) is 0 Å². The van der Waals surface area contributed by atoms with Gasteiger partial charge in [-0.1, -0.05) is 0 Å². The second-order valence-electron chi connectivity index (χ2n) is 3.58. The van der Waals surface area contributed by atoms with Gasteiger partial charge in [0.15, 0.2) is 0 Å². The van der Waals surface area contributed by atoms with Crippen molar-refractivity contribution < 1.29 is 23.8 Å². The maximum Gasteiger partial charge on any atom is 0.335 e. The molecule has 0 atom stereocenters. The maximum absolute atomic E-state index is 13.4. The summed E-state index contributed by atoms with van der Waals surface area (Å²) in [5.74, 6) is -1.90. The smallest absolute Gasteiger partial charge is 0.335 e.